The Balaban J connectivity index is 2.52. The summed E-state index contributed by atoms with van der Waals surface area (Å²) in [6.07, 6.45) is 4.01. The first-order valence-corrected chi connectivity index (χ1v) is 10.2. The molecule has 0 aliphatic carbocycles. The number of nitrogens with zero attached hydrogens (tertiary/aromatic N) is 2. The van der Waals surface area contributed by atoms with Crippen LogP contribution in [0.5, 0.6) is 0 Å². The van der Waals surface area contributed by atoms with Crippen LogP contribution in [0.25, 0.3) is 0 Å². The maximum Gasteiger partial charge on any atom is 0.187 e. The Morgan fingerprint density at radius 1 is 1.17 bits per heavy atom. The number of sulfone groups is 1. The fraction of sp³-hybridized carbons (Fsp3) is 0.267. The lowest BCUT2D eigenvalue weighted by molar-refractivity contribution is 0.554. The summed E-state index contributed by atoms with van der Waals surface area (Å²) in [5, 5.41) is -1.06. The third-order valence-corrected chi connectivity index (χ3v) is 5.99. The molecule has 6 nitrogen and oxygen atoms in total. The SMILES string of the molecule is Cc1ccc(S(=O)(=O)[C@H](CN=S(C)(=O)O)c2cccnc2)cc1. The van der Waals surface area contributed by atoms with E-state index in [9.17, 15) is 17.2 Å². The molecule has 0 saturated carbocycles. The van der Waals surface area contributed by atoms with Crippen molar-refractivity contribution in [1.29, 1.82) is 0 Å². The zero-order chi connectivity index (χ0) is 17.1. The predicted molar refractivity (Wildman–Crippen MR) is 89.3 cm³/mol. The van der Waals surface area contributed by atoms with Crippen LogP contribution in [0.4, 0.5) is 0 Å². The quantitative estimate of drug-likeness (QED) is 0.890. The summed E-state index contributed by atoms with van der Waals surface area (Å²) >= 11 is 0. The first kappa shape index (κ1) is 17.6. The first-order valence-electron chi connectivity index (χ1n) is 6.81. The van der Waals surface area contributed by atoms with E-state index in [0.717, 1.165) is 11.8 Å². The van der Waals surface area contributed by atoms with Gasteiger partial charge in [0.05, 0.1) is 11.4 Å². The smallest absolute Gasteiger partial charge is 0.187 e. The van der Waals surface area contributed by atoms with Crippen molar-refractivity contribution in [1.82, 2.24) is 4.98 Å². The van der Waals surface area contributed by atoms with Crippen molar-refractivity contribution < 1.29 is 17.2 Å². The monoisotopic (exact) mass is 354 g/mol. The molecule has 1 unspecified atom stereocenters. The Morgan fingerprint density at radius 3 is 2.35 bits per heavy atom. The van der Waals surface area contributed by atoms with Crippen molar-refractivity contribution in [2.75, 3.05) is 12.8 Å². The van der Waals surface area contributed by atoms with Crippen molar-refractivity contribution in [2.45, 2.75) is 17.1 Å². The Hall–Kier alpha value is -1.77. The molecule has 0 aliphatic rings. The lowest BCUT2D eigenvalue weighted by Crippen LogP contribution is -2.18. The topological polar surface area (TPSA) is 96.7 Å². The summed E-state index contributed by atoms with van der Waals surface area (Å²) in [5.74, 6) is 0. The number of pyridine rings is 1. The van der Waals surface area contributed by atoms with Gasteiger partial charge in [0, 0.05) is 18.6 Å². The van der Waals surface area contributed by atoms with Gasteiger partial charge >= 0.3 is 0 Å². The van der Waals surface area contributed by atoms with Crippen LogP contribution in [-0.2, 0) is 19.8 Å². The van der Waals surface area contributed by atoms with E-state index in [4.69, 9.17) is 0 Å². The molecule has 1 heterocycles. The van der Waals surface area contributed by atoms with Gasteiger partial charge in [0.25, 0.3) is 0 Å². The molecular weight excluding hydrogens is 336 g/mol. The van der Waals surface area contributed by atoms with Gasteiger partial charge in [-0.15, -0.1) is 0 Å². The molecule has 0 radical (unpaired) electrons. The zero-order valence-corrected chi connectivity index (χ0v) is 14.4. The molecule has 8 heteroatoms. The highest BCUT2D eigenvalue weighted by atomic mass is 32.2. The lowest BCUT2D eigenvalue weighted by Gasteiger charge is -2.16. The van der Waals surface area contributed by atoms with E-state index < -0.39 is 25.1 Å². The molecule has 0 fully saturated rings. The summed E-state index contributed by atoms with van der Waals surface area (Å²) in [6, 6.07) is 9.70. The van der Waals surface area contributed by atoms with Gasteiger partial charge in [-0.1, -0.05) is 23.8 Å². The summed E-state index contributed by atoms with van der Waals surface area (Å²) in [4.78, 5) is 4.08. The minimum atomic E-state index is -3.76. The van der Waals surface area contributed by atoms with Crippen LogP contribution in [0.15, 0.2) is 58.1 Å². The van der Waals surface area contributed by atoms with E-state index in [-0.39, 0.29) is 11.4 Å². The zero-order valence-electron chi connectivity index (χ0n) is 12.8. The van der Waals surface area contributed by atoms with Gasteiger partial charge < -0.3 is 4.55 Å². The third-order valence-electron chi connectivity index (χ3n) is 3.26. The molecule has 124 valence electrons. The summed E-state index contributed by atoms with van der Waals surface area (Å²) in [5.41, 5.74) is 1.37. The molecular formula is C15H18N2O4S2. The second-order valence-corrected chi connectivity index (χ2v) is 9.12. The van der Waals surface area contributed by atoms with Gasteiger partial charge in [0.1, 0.15) is 5.25 Å². The van der Waals surface area contributed by atoms with E-state index in [0.29, 0.717) is 5.56 Å². The van der Waals surface area contributed by atoms with Crippen LogP contribution in [-0.4, -0.2) is 35.0 Å². The van der Waals surface area contributed by atoms with Crippen molar-refractivity contribution in [3.05, 3.63) is 59.9 Å². The molecule has 23 heavy (non-hydrogen) atoms. The van der Waals surface area contributed by atoms with E-state index in [1.807, 2.05) is 6.92 Å². The van der Waals surface area contributed by atoms with Crippen molar-refractivity contribution in [3.8, 4) is 0 Å². The Bertz CT molecular complexity index is 877. The highest BCUT2D eigenvalue weighted by Gasteiger charge is 2.29. The van der Waals surface area contributed by atoms with E-state index in [2.05, 4.69) is 9.35 Å². The molecule has 0 amide bonds. The van der Waals surface area contributed by atoms with Crippen molar-refractivity contribution in [3.63, 3.8) is 0 Å². The molecule has 0 saturated heterocycles. The van der Waals surface area contributed by atoms with E-state index >= 15 is 0 Å². The Kier molecular flexibility index (Phi) is 5.18. The van der Waals surface area contributed by atoms with Crippen LogP contribution < -0.4 is 0 Å². The summed E-state index contributed by atoms with van der Waals surface area (Å²) < 4.78 is 50.2. The average molecular weight is 354 g/mol. The first-order chi connectivity index (χ1) is 10.7. The molecule has 0 spiro atoms. The second-order valence-electron chi connectivity index (χ2n) is 5.21. The van der Waals surface area contributed by atoms with Crippen LogP contribution in [0.3, 0.4) is 0 Å². The van der Waals surface area contributed by atoms with Crippen molar-refractivity contribution in [2.24, 2.45) is 4.36 Å². The molecule has 2 aromatic rings. The average Bonchev–Trinajstić information content (AvgIpc) is 2.47. The molecule has 0 aliphatic heterocycles. The fourth-order valence-electron chi connectivity index (χ4n) is 2.05. The van der Waals surface area contributed by atoms with Crippen molar-refractivity contribution >= 4 is 19.8 Å². The fourth-order valence-corrected chi connectivity index (χ4v) is 4.18. The highest BCUT2D eigenvalue weighted by Crippen LogP contribution is 2.29. The Morgan fingerprint density at radius 2 is 1.83 bits per heavy atom. The molecule has 0 bridgehead atoms. The predicted octanol–water partition coefficient (Wildman–Crippen LogP) is 2.48. The van der Waals surface area contributed by atoms with Gasteiger partial charge in [-0.2, -0.15) is 0 Å². The van der Waals surface area contributed by atoms with E-state index in [1.165, 1.54) is 24.5 Å². The van der Waals surface area contributed by atoms with Crippen LogP contribution in [0.1, 0.15) is 16.4 Å². The summed E-state index contributed by atoms with van der Waals surface area (Å²) in [6.45, 7) is 1.55. The maximum atomic E-state index is 12.9. The second kappa shape index (κ2) is 6.77. The number of hydrogen-bond acceptors (Lipinski definition) is 5. The highest BCUT2D eigenvalue weighted by molar-refractivity contribution is 7.91. The maximum absolute atomic E-state index is 12.9. The number of aryl methyl sites for hydroxylation is 1. The van der Waals surface area contributed by atoms with Crippen LogP contribution in [0, 0.1) is 6.92 Å². The lowest BCUT2D eigenvalue weighted by atomic mass is 10.2. The molecule has 2 atom stereocenters. The summed E-state index contributed by atoms with van der Waals surface area (Å²) in [7, 11) is -7.15. The Labute approximate surface area is 136 Å². The largest absolute Gasteiger partial charge is 0.301 e. The van der Waals surface area contributed by atoms with Crippen LogP contribution >= 0.6 is 0 Å². The molecule has 1 aromatic carbocycles. The standard InChI is InChI=1S/C15H18N2O4S2/c1-12-5-7-14(8-6-12)23(20,21)15(11-17-22(2,18)19)13-4-3-9-16-10-13/h3-10,15H,11H2,1-2H3,(H,17,18,19)/t15-/m1/s1. The van der Waals surface area contributed by atoms with Gasteiger partial charge in [0.15, 0.2) is 19.8 Å². The minimum Gasteiger partial charge on any atom is -0.301 e. The number of aromatic nitrogens is 1. The third kappa shape index (κ3) is 4.60. The van der Waals surface area contributed by atoms with Gasteiger partial charge in [0.2, 0.25) is 0 Å². The normalized spacial score (nSPS) is 15.6. The molecule has 2 rings (SSSR count). The number of benzene rings is 1. The molecule has 1 aromatic heterocycles. The minimum absolute atomic E-state index is 0.146. The number of hydrogen-bond donors (Lipinski definition) is 1. The molecule has 1 N–H and O–H groups in total. The number of rotatable bonds is 5. The van der Waals surface area contributed by atoms with E-state index in [1.54, 1.807) is 24.3 Å². The van der Waals surface area contributed by atoms with Gasteiger partial charge in [-0.05, 0) is 30.7 Å². The van der Waals surface area contributed by atoms with Gasteiger partial charge in [-0.25, -0.2) is 17.0 Å². The van der Waals surface area contributed by atoms with Gasteiger partial charge in [-0.3, -0.25) is 4.98 Å². The van der Waals surface area contributed by atoms with Crippen LogP contribution in [0.2, 0.25) is 0 Å².